The number of aromatic carboxylic acids is 1. The fourth-order valence-corrected chi connectivity index (χ4v) is 3.17. The zero-order valence-electron chi connectivity index (χ0n) is 10.3. The van der Waals surface area contributed by atoms with Gasteiger partial charge in [-0.1, -0.05) is 48.6 Å². The van der Waals surface area contributed by atoms with Crippen molar-refractivity contribution in [3.8, 4) is 11.3 Å². The smallest absolute Gasteiger partial charge is 0.347 e. The molecule has 2 aromatic heterocycles. The second-order valence-corrected chi connectivity index (χ2v) is 5.16. The van der Waals surface area contributed by atoms with Crippen LogP contribution >= 0.6 is 11.3 Å². The van der Waals surface area contributed by atoms with Crippen molar-refractivity contribution in [2.24, 2.45) is 0 Å². The van der Waals surface area contributed by atoms with Crippen molar-refractivity contribution >= 4 is 22.3 Å². The monoisotopic (exact) mass is 272 g/mol. The van der Waals surface area contributed by atoms with E-state index in [1.54, 1.807) is 0 Å². The largest absolute Gasteiger partial charge is 0.477 e. The molecular formula is C14H12N2O2S. The number of aryl methyl sites for hydroxylation is 1. The minimum absolute atomic E-state index is 0.379. The van der Waals surface area contributed by atoms with Crippen LogP contribution in [-0.2, 0) is 6.42 Å². The standard InChI is InChI=1S/C14H12N2O2S/c1-2-11-12(13(17)18)19-14-15-10(8-16(11)14)9-6-4-3-5-7-9/h3-8H,2H2,1H3,(H,17,18). The average Bonchev–Trinajstić information content (AvgIpc) is 2.96. The van der Waals surface area contributed by atoms with Crippen LogP contribution < -0.4 is 0 Å². The first kappa shape index (κ1) is 11.9. The Morgan fingerprint density at radius 3 is 2.74 bits per heavy atom. The molecule has 2 heterocycles. The number of aromatic nitrogens is 2. The van der Waals surface area contributed by atoms with Crippen molar-refractivity contribution < 1.29 is 9.90 Å². The zero-order chi connectivity index (χ0) is 13.4. The number of thiazole rings is 1. The minimum atomic E-state index is -0.881. The van der Waals surface area contributed by atoms with Gasteiger partial charge in [0.05, 0.1) is 5.69 Å². The predicted molar refractivity (Wildman–Crippen MR) is 74.8 cm³/mol. The lowest BCUT2D eigenvalue weighted by Crippen LogP contribution is -1.99. The lowest BCUT2D eigenvalue weighted by atomic mass is 10.2. The van der Waals surface area contributed by atoms with E-state index in [9.17, 15) is 9.90 Å². The van der Waals surface area contributed by atoms with Crippen molar-refractivity contribution in [2.45, 2.75) is 13.3 Å². The van der Waals surface area contributed by atoms with E-state index >= 15 is 0 Å². The Hall–Kier alpha value is -2.14. The summed E-state index contributed by atoms with van der Waals surface area (Å²) in [7, 11) is 0. The van der Waals surface area contributed by atoms with Gasteiger partial charge in [-0.25, -0.2) is 9.78 Å². The van der Waals surface area contributed by atoms with Crippen LogP contribution in [0.5, 0.6) is 0 Å². The third-order valence-electron chi connectivity index (χ3n) is 3.02. The number of fused-ring (bicyclic) bond motifs is 1. The number of hydrogen-bond donors (Lipinski definition) is 1. The lowest BCUT2D eigenvalue weighted by Gasteiger charge is -1.97. The Morgan fingerprint density at radius 1 is 1.37 bits per heavy atom. The number of carboxylic acids is 1. The van der Waals surface area contributed by atoms with Gasteiger partial charge in [-0.3, -0.25) is 4.40 Å². The predicted octanol–water partition coefficient (Wildman–Crippen LogP) is 3.32. The quantitative estimate of drug-likeness (QED) is 0.795. The van der Waals surface area contributed by atoms with E-state index in [4.69, 9.17) is 0 Å². The number of rotatable bonds is 3. The molecule has 0 unspecified atom stereocenters. The number of carbonyl (C=O) groups is 1. The van der Waals surface area contributed by atoms with Gasteiger partial charge in [0, 0.05) is 17.5 Å². The van der Waals surface area contributed by atoms with Gasteiger partial charge in [-0.15, -0.1) is 0 Å². The van der Waals surface area contributed by atoms with E-state index in [-0.39, 0.29) is 0 Å². The number of carboxylic acid groups (broad SMARTS) is 1. The molecule has 3 rings (SSSR count). The van der Waals surface area contributed by atoms with Crippen molar-refractivity contribution in [2.75, 3.05) is 0 Å². The first-order valence-electron chi connectivity index (χ1n) is 6.00. The Morgan fingerprint density at radius 2 is 2.11 bits per heavy atom. The Bertz CT molecular complexity index is 743. The van der Waals surface area contributed by atoms with Gasteiger partial charge in [0.25, 0.3) is 0 Å². The third-order valence-corrected chi connectivity index (χ3v) is 4.10. The van der Waals surface area contributed by atoms with Crippen molar-refractivity contribution in [1.82, 2.24) is 9.38 Å². The molecule has 4 nitrogen and oxygen atoms in total. The summed E-state index contributed by atoms with van der Waals surface area (Å²) < 4.78 is 1.89. The van der Waals surface area contributed by atoms with Gasteiger partial charge >= 0.3 is 5.97 Å². The molecule has 0 spiro atoms. The fraction of sp³-hybridized carbons (Fsp3) is 0.143. The van der Waals surface area contributed by atoms with Crippen LogP contribution in [0.1, 0.15) is 22.3 Å². The summed E-state index contributed by atoms with van der Waals surface area (Å²) in [5.74, 6) is -0.881. The molecule has 0 saturated heterocycles. The van der Waals surface area contributed by atoms with E-state index in [1.165, 1.54) is 11.3 Å². The second kappa shape index (κ2) is 4.51. The fourth-order valence-electron chi connectivity index (χ4n) is 2.13. The van der Waals surface area contributed by atoms with Gasteiger partial charge in [0.2, 0.25) is 0 Å². The topological polar surface area (TPSA) is 54.6 Å². The SMILES string of the molecule is CCc1c(C(=O)O)sc2nc(-c3ccccc3)cn12. The molecule has 0 radical (unpaired) electrons. The molecule has 19 heavy (non-hydrogen) atoms. The summed E-state index contributed by atoms with van der Waals surface area (Å²) in [4.78, 5) is 16.8. The highest BCUT2D eigenvalue weighted by Crippen LogP contribution is 2.27. The second-order valence-electron chi connectivity index (χ2n) is 4.18. The molecule has 5 heteroatoms. The van der Waals surface area contributed by atoms with Crippen molar-refractivity contribution in [1.29, 1.82) is 0 Å². The number of imidazole rings is 1. The molecule has 0 aliphatic heterocycles. The summed E-state index contributed by atoms with van der Waals surface area (Å²) in [6, 6.07) is 9.88. The number of nitrogens with zero attached hydrogens (tertiary/aromatic N) is 2. The highest BCUT2D eigenvalue weighted by molar-refractivity contribution is 7.19. The van der Waals surface area contributed by atoms with Crippen LogP contribution in [-0.4, -0.2) is 20.5 Å². The maximum absolute atomic E-state index is 11.2. The van der Waals surface area contributed by atoms with E-state index in [2.05, 4.69) is 4.98 Å². The average molecular weight is 272 g/mol. The van der Waals surface area contributed by atoms with E-state index in [1.807, 2.05) is 47.9 Å². The molecule has 3 aromatic rings. The van der Waals surface area contributed by atoms with Crippen molar-refractivity contribution in [3.05, 3.63) is 47.1 Å². The van der Waals surface area contributed by atoms with Crippen LogP contribution in [0.25, 0.3) is 16.2 Å². The van der Waals surface area contributed by atoms with E-state index in [0.29, 0.717) is 11.3 Å². The van der Waals surface area contributed by atoms with Gasteiger partial charge in [-0.2, -0.15) is 0 Å². The molecule has 1 N–H and O–H groups in total. The molecule has 1 aromatic carbocycles. The summed E-state index contributed by atoms with van der Waals surface area (Å²) in [6.07, 6.45) is 2.58. The summed E-state index contributed by atoms with van der Waals surface area (Å²) in [5, 5.41) is 9.17. The Balaban J connectivity index is 2.18. The molecule has 0 aliphatic rings. The van der Waals surface area contributed by atoms with Crippen LogP contribution in [0.3, 0.4) is 0 Å². The van der Waals surface area contributed by atoms with E-state index < -0.39 is 5.97 Å². The van der Waals surface area contributed by atoms with Gasteiger partial charge in [0.15, 0.2) is 4.96 Å². The summed E-state index contributed by atoms with van der Waals surface area (Å²) in [6.45, 7) is 1.95. The molecule has 0 aliphatic carbocycles. The first-order chi connectivity index (χ1) is 9.20. The van der Waals surface area contributed by atoms with Crippen LogP contribution in [0.4, 0.5) is 0 Å². The van der Waals surface area contributed by atoms with Gasteiger partial charge < -0.3 is 5.11 Å². The maximum Gasteiger partial charge on any atom is 0.347 e. The molecule has 0 amide bonds. The highest BCUT2D eigenvalue weighted by atomic mass is 32.1. The molecule has 96 valence electrons. The molecule has 0 atom stereocenters. The number of hydrogen-bond acceptors (Lipinski definition) is 3. The molecule has 0 saturated carbocycles. The molecule has 0 bridgehead atoms. The summed E-state index contributed by atoms with van der Waals surface area (Å²) in [5.41, 5.74) is 2.72. The normalized spacial score (nSPS) is 11.0. The van der Waals surface area contributed by atoms with Crippen LogP contribution in [0, 0.1) is 0 Å². The molecular weight excluding hydrogens is 260 g/mol. The van der Waals surface area contributed by atoms with Crippen LogP contribution in [0.2, 0.25) is 0 Å². The highest BCUT2D eigenvalue weighted by Gasteiger charge is 2.18. The summed E-state index contributed by atoms with van der Waals surface area (Å²) >= 11 is 1.22. The first-order valence-corrected chi connectivity index (χ1v) is 6.82. The number of benzene rings is 1. The minimum Gasteiger partial charge on any atom is -0.477 e. The van der Waals surface area contributed by atoms with Crippen molar-refractivity contribution in [3.63, 3.8) is 0 Å². The van der Waals surface area contributed by atoms with Gasteiger partial charge in [0.1, 0.15) is 4.88 Å². The Labute approximate surface area is 114 Å². The van der Waals surface area contributed by atoms with Crippen LogP contribution in [0.15, 0.2) is 36.5 Å². The maximum atomic E-state index is 11.2. The third kappa shape index (κ3) is 1.92. The van der Waals surface area contributed by atoms with E-state index in [0.717, 1.165) is 21.9 Å². The van der Waals surface area contributed by atoms with Gasteiger partial charge in [-0.05, 0) is 6.42 Å². The Kier molecular flexibility index (Phi) is 2.83. The molecule has 0 fully saturated rings. The lowest BCUT2D eigenvalue weighted by molar-refractivity contribution is 0.0700. The zero-order valence-corrected chi connectivity index (χ0v) is 11.1.